The first-order chi connectivity index (χ1) is 6.72. The molecule has 0 aliphatic heterocycles. The highest BCUT2D eigenvalue weighted by molar-refractivity contribution is 7.80. The summed E-state index contributed by atoms with van der Waals surface area (Å²) < 4.78 is 0. The summed E-state index contributed by atoms with van der Waals surface area (Å²) >= 11 is 4.81. The molecule has 14 heavy (non-hydrogen) atoms. The molecule has 1 aromatic carbocycles. The summed E-state index contributed by atoms with van der Waals surface area (Å²) in [6.45, 7) is 0. The topological polar surface area (TPSA) is 56.7 Å². The van der Waals surface area contributed by atoms with Gasteiger partial charge in [0.1, 0.15) is 5.75 Å². The number of hydrogen-bond donors (Lipinski definition) is 3. The van der Waals surface area contributed by atoms with Gasteiger partial charge < -0.3 is 10.4 Å². The first kappa shape index (κ1) is 10.5. The van der Waals surface area contributed by atoms with Crippen molar-refractivity contribution in [1.82, 2.24) is 10.7 Å². The van der Waals surface area contributed by atoms with Crippen molar-refractivity contribution in [2.45, 2.75) is 0 Å². The van der Waals surface area contributed by atoms with E-state index in [1.165, 1.54) is 0 Å². The van der Waals surface area contributed by atoms with E-state index < -0.39 is 0 Å². The summed E-state index contributed by atoms with van der Waals surface area (Å²) in [5.74, 6) is 0.213. The molecule has 0 unspecified atom stereocenters. The van der Waals surface area contributed by atoms with E-state index >= 15 is 0 Å². The van der Waals surface area contributed by atoms with Crippen molar-refractivity contribution in [2.24, 2.45) is 5.10 Å². The second kappa shape index (κ2) is 5.18. The number of nitrogens with zero attached hydrogens (tertiary/aromatic N) is 1. The minimum atomic E-state index is 0.213. The average Bonchev–Trinajstić information content (AvgIpc) is 2.17. The predicted octanol–water partition coefficient (Wildman–Crippen LogP) is 0.820. The lowest BCUT2D eigenvalue weighted by atomic mass is 10.2. The van der Waals surface area contributed by atoms with E-state index in [9.17, 15) is 0 Å². The number of thiocarbonyl (C=S) groups is 1. The molecule has 0 aromatic heterocycles. The number of hydrogen-bond acceptors (Lipinski definition) is 3. The Hall–Kier alpha value is -1.62. The van der Waals surface area contributed by atoms with Gasteiger partial charge in [-0.25, -0.2) is 0 Å². The first-order valence-electron chi connectivity index (χ1n) is 4.02. The minimum Gasteiger partial charge on any atom is -0.508 e. The van der Waals surface area contributed by atoms with Gasteiger partial charge in [-0.2, -0.15) is 5.10 Å². The van der Waals surface area contributed by atoms with Crippen molar-refractivity contribution in [3.63, 3.8) is 0 Å². The Morgan fingerprint density at radius 2 is 2.36 bits per heavy atom. The molecule has 0 amide bonds. The van der Waals surface area contributed by atoms with Gasteiger partial charge in [-0.3, -0.25) is 5.43 Å². The molecule has 1 aromatic rings. The molecule has 3 N–H and O–H groups in total. The molecule has 4 nitrogen and oxygen atoms in total. The van der Waals surface area contributed by atoms with Crippen molar-refractivity contribution < 1.29 is 5.11 Å². The van der Waals surface area contributed by atoms with Gasteiger partial charge in [-0.1, -0.05) is 12.1 Å². The monoisotopic (exact) mass is 209 g/mol. The fraction of sp³-hybridized carbons (Fsp3) is 0.111. The molecule has 0 aliphatic rings. The maximum Gasteiger partial charge on any atom is 0.186 e. The summed E-state index contributed by atoms with van der Waals surface area (Å²) in [4.78, 5) is 0. The fourth-order valence-corrected chi connectivity index (χ4v) is 0.879. The van der Waals surface area contributed by atoms with E-state index in [1.54, 1.807) is 31.5 Å². The lowest BCUT2D eigenvalue weighted by Crippen LogP contribution is -2.28. The van der Waals surface area contributed by atoms with Crippen LogP contribution < -0.4 is 10.7 Å². The van der Waals surface area contributed by atoms with Crippen LogP contribution >= 0.6 is 12.2 Å². The van der Waals surface area contributed by atoms with Gasteiger partial charge in [0.25, 0.3) is 0 Å². The van der Waals surface area contributed by atoms with Gasteiger partial charge in [-0.15, -0.1) is 0 Å². The predicted molar refractivity (Wildman–Crippen MR) is 60.5 cm³/mol. The lowest BCUT2D eigenvalue weighted by Gasteiger charge is -1.99. The third-order valence-corrected chi connectivity index (χ3v) is 1.77. The Balaban J connectivity index is 2.56. The van der Waals surface area contributed by atoms with Crippen LogP contribution in [0.25, 0.3) is 0 Å². The van der Waals surface area contributed by atoms with E-state index in [-0.39, 0.29) is 5.75 Å². The molecule has 0 atom stereocenters. The van der Waals surface area contributed by atoms with Gasteiger partial charge in [-0.05, 0) is 29.9 Å². The standard InChI is InChI=1S/C9H11N3OS/c1-10-9(14)12-11-6-7-3-2-4-8(13)5-7/h2-6,13H,1H3,(H2,10,12,14)/b11-6+. The Kier molecular flexibility index (Phi) is 3.87. The molecule has 0 aliphatic carbocycles. The maximum absolute atomic E-state index is 9.15. The first-order valence-corrected chi connectivity index (χ1v) is 4.43. The zero-order valence-electron chi connectivity index (χ0n) is 7.69. The van der Waals surface area contributed by atoms with E-state index in [0.29, 0.717) is 5.11 Å². The molecule has 5 heteroatoms. The lowest BCUT2D eigenvalue weighted by molar-refractivity contribution is 0.475. The summed E-state index contributed by atoms with van der Waals surface area (Å²) in [5.41, 5.74) is 3.41. The third kappa shape index (κ3) is 3.40. The molecule has 0 heterocycles. The van der Waals surface area contributed by atoms with Crippen LogP contribution in [-0.2, 0) is 0 Å². The molecule has 74 valence electrons. The second-order valence-electron chi connectivity index (χ2n) is 2.54. The number of benzene rings is 1. The SMILES string of the molecule is CNC(=S)N/N=C/c1cccc(O)c1. The summed E-state index contributed by atoms with van der Waals surface area (Å²) in [6, 6.07) is 6.77. The van der Waals surface area contributed by atoms with Gasteiger partial charge in [0.15, 0.2) is 5.11 Å². The molecule has 0 radical (unpaired) electrons. The molecule has 0 fully saturated rings. The molecule has 0 spiro atoms. The number of phenols is 1. The Morgan fingerprint density at radius 3 is 3.00 bits per heavy atom. The number of phenolic OH excluding ortho intramolecular Hbond substituents is 1. The average molecular weight is 209 g/mol. The van der Waals surface area contributed by atoms with Crippen LogP contribution in [0.4, 0.5) is 0 Å². The number of rotatable bonds is 2. The Morgan fingerprint density at radius 1 is 1.57 bits per heavy atom. The normalized spacial score (nSPS) is 10.1. The van der Waals surface area contributed by atoms with Crippen LogP contribution in [0, 0.1) is 0 Å². The zero-order chi connectivity index (χ0) is 10.4. The van der Waals surface area contributed by atoms with Gasteiger partial charge >= 0.3 is 0 Å². The molecule has 0 saturated heterocycles. The fourth-order valence-electron chi connectivity index (χ4n) is 0.826. The number of hydrazone groups is 1. The van der Waals surface area contributed by atoms with Crippen LogP contribution in [0.5, 0.6) is 5.75 Å². The Bertz CT molecular complexity index is 352. The highest BCUT2D eigenvalue weighted by Crippen LogP contribution is 2.08. The molecule has 1 rings (SSSR count). The van der Waals surface area contributed by atoms with Gasteiger partial charge in [0.2, 0.25) is 0 Å². The highest BCUT2D eigenvalue weighted by Gasteiger charge is 1.90. The van der Waals surface area contributed by atoms with Crippen LogP contribution in [0.3, 0.4) is 0 Å². The van der Waals surface area contributed by atoms with E-state index in [1.807, 2.05) is 6.07 Å². The van der Waals surface area contributed by atoms with Crippen LogP contribution in [-0.4, -0.2) is 23.5 Å². The van der Waals surface area contributed by atoms with Gasteiger partial charge in [0, 0.05) is 7.05 Å². The number of aromatic hydroxyl groups is 1. The van der Waals surface area contributed by atoms with Gasteiger partial charge in [0.05, 0.1) is 6.21 Å². The maximum atomic E-state index is 9.15. The second-order valence-corrected chi connectivity index (χ2v) is 2.95. The zero-order valence-corrected chi connectivity index (χ0v) is 8.51. The van der Waals surface area contributed by atoms with Crippen molar-refractivity contribution in [1.29, 1.82) is 0 Å². The summed E-state index contributed by atoms with van der Waals surface area (Å²) in [7, 11) is 1.71. The molecule has 0 bridgehead atoms. The number of nitrogens with one attached hydrogen (secondary N) is 2. The van der Waals surface area contributed by atoms with E-state index in [0.717, 1.165) is 5.56 Å². The largest absolute Gasteiger partial charge is 0.508 e. The van der Waals surface area contributed by atoms with Crippen molar-refractivity contribution in [3.8, 4) is 5.75 Å². The Labute approximate surface area is 87.6 Å². The van der Waals surface area contributed by atoms with Crippen LogP contribution in [0.15, 0.2) is 29.4 Å². The van der Waals surface area contributed by atoms with E-state index in [4.69, 9.17) is 17.3 Å². The summed E-state index contributed by atoms with van der Waals surface area (Å²) in [5, 5.41) is 16.2. The van der Waals surface area contributed by atoms with E-state index in [2.05, 4.69) is 15.8 Å². The van der Waals surface area contributed by atoms with Crippen molar-refractivity contribution in [3.05, 3.63) is 29.8 Å². The highest BCUT2D eigenvalue weighted by atomic mass is 32.1. The van der Waals surface area contributed by atoms with Crippen LogP contribution in [0.1, 0.15) is 5.56 Å². The third-order valence-electron chi connectivity index (χ3n) is 1.48. The summed E-state index contributed by atoms with van der Waals surface area (Å²) in [6.07, 6.45) is 1.57. The van der Waals surface area contributed by atoms with Crippen molar-refractivity contribution in [2.75, 3.05) is 7.05 Å². The molecular weight excluding hydrogens is 198 g/mol. The quantitative estimate of drug-likeness (QED) is 0.383. The molecular formula is C9H11N3OS. The smallest absolute Gasteiger partial charge is 0.186 e. The minimum absolute atomic E-state index is 0.213. The van der Waals surface area contributed by atoms with Crippen LogP contribution in [0.2, 0.25) is 0 Å². The van der Waals surface area contributed by atoms with Crippen molar-refractivity contribution >= 4 is 23.5 Å². The molecule has 0 saturated carbocycles.